The van der Waals surface area contributed by atoms with Gasteiger partial charge in [-0.3, -0.25) is 62.9 Å². The van der Waals surface area contributed by atoms with Crippen molar-refractivity contribution in [1.29, 1.82) is 0 Å². The van der Waals surface area contributed by atoms with Crippen molar-refractivity contribution in [1.82, 2.24) is 55.8 Å². The molecule has 27 heteroatoms. The van der Waals surface area contributed by atoms with Crippen molar-refractivity contribution < 1.29 is 53.0 Å². The maximum atomic E-state index is 14.5. The molecule has 0 spiro atoms. The molecule has 10 N–H and O–H groups in total. The van der Waals surface area contributed by atoms with Gasteiger partial charge in [0.15, 0.2) is 34.7 Å². The first-order chi connectivity index (χ1) is 44.6. The highest BCUT2D eigenvalue weighted by molar-refractivity contribution is 8.76. The molecule has 0 fully saturated rings. The Morgan fingerprint density at radius 2 is 1.52 bits per heavy atom. The number of carbonyl (C=O) groups is 9. The number of hydrogen-bond acceptors (Lipinski definition) is 21. The molecule has 1 aromatic carbocycles. The molecule has 9 rings (SSSR count). The van der Waals surface area contributed by atoms with Crippen LogP contribution in [0.15, 0.2) is 53.5 Å². The largest absolute Gasteiger partial charge is 0.443 e. The van der Waals surface area contributed by atoms with E-state index in [4.69, 9.17) is 20.4 Å². The number of benzene rings is 1. The third-order valence-corrected chi connectivity index (χ3v) is 19.9. The number of carbonyl (C=O) groups excluding carboxylic acids is 9. The average Bonchev–Trinajstić information content (AvgIpc) is 1.57. The van der Waals surface area contributed by atoms with Crippen LogP contribution in [-0.2, 0) is 40.0 Å². The van der Waals surface area contributed by atoms with Crippen LogP contribution in [0.5, 0.6) is 0 Å². The summed E-state index contributed by atoms with van der Waals surface area (Å²) < 4.78 is 5.21. The molecule has 0 radical (unpaired) electrons. The summed E-state index contributed by atoms with van der Waals surface area (Å²) in [6.45, 7) is 13.2. The zero-order valence-corrected chi connectivity index (χ0v) is 54.5. The van der Waals surface area contributed by atoms with Gasteiger partial charge in [0, 0.05) is 131 Å². The van der Waals surface area contributed by atoms with Crippen molar-refractivity contribution in [3.05, 3.63) is 121 Å². The maximum Gasteiger partial charge on any atom is 0.295 e. The molecule has 3 amide bonds. The number of aromatic nitrogens is 8. The van der Waals surface area contributed by atoms with Gasteiger partial charge in [0.25, 0.3) is 17.9 Å². The summed E-state index contributed by atoms with van der Waals surface area (Å²) in [5, 5.41) is 21.6. The number of amides is 3. The molecule has 490 valence electrons. The Balaban J connectivity index is 0.779. The van der Waals surface area contributed by atoms with Gasteiger partial charge in [-0.15, -0.1) is 0 Å². The molecule has 1 aliphatic carbocycles. The number of aliphatic hydroxyl groups is 1. The lowest BCUT2D eigenvalue weighted by Crippen LogP contribution is -2.43. The minimum Gasteiger partial charge on any atom is -0.443 e. The summed E-state index contributed by atoms with van der Waals surface area (Å²) in [6, 6.07) is 12.4. The van der Waals surface area contributed by atoms with Crippen LogP contribution in [0.2, 0.25) is 0 Å². The predicted molar refractivity (Wildman–Crippen MR) is 354 cm³/mol. The number of nitrogens with one attached hydrogen (secondary N) is 7. The minimum absolute atomic E-state index is 0.00473. The lowest BCUT2D eigenvalue weighted by Gasteiger charge is -2.21. The molecule has 7 atom stereocenters. The Morgan fingerprint density at radius 1 is 0.806 bits per heavy atom. The number of ether oxygens (including phenoxy) is 1. The lowest BCUT2D eigenvalue weighted by atomic mass is 9.82. The highest BCUT2D eigenvalue weighted by atomic mass is 33.1. The molecule has 0 saturated heterocycles. The third-order valence-electron chi connectivity index (χ3n) is 17.4. The summed E-state index contributed by atoms with van der Waals surface area (Å²) in [4.78, 5) is 164. The van der Waals surface area contributed by atoms with Crippen LogP contribution in [0.4, 0.5) is 11.6 Å². The van der Waals surface area contributed by atoms with Crippen molar-refractivity contribution in [2.24, 2.45) is 5.92 Å². The second kappa shape index (κ2) is 30.7. The van der Waals surface area contributed by atoms with Gasteiger partial charge >= 0.3 is 0 Å². The van der Waals surface area contributed by atoms with E-state index in [0.29, 0.717) is 97.8 Å². The smallest absolute Gasteiger partial charge is 0.295 e. The van der Waals surface area contributed by atoms with E-state index in [0.717, 1.165) is 23.4 Å². The Morgan fingerprint density at radius 3 is 2.24 bits per heavy atom. The zero-order chi connectivity index (χ0) is 66.8. The summed E-state index contributed by atoms with van der Waals surface area (Å²) >= 11 is 0. The third kappa shape index (κ3) is 15.8. The van der Waals surface area contributed by atoms with E-state index >= 15 is 0 Å². The highest BCUT2D eigenvalue weighted by Gasteiger charge is 2.44. The fourth-order valence-electron chi connectivity index (χ4n) is 12.5. The monoisotopic (exact) mass is 1310 g/mol. The topological polar surface area (TPSA) is 386 Å². The van der Waals surface area contributed by atoms with Crippen molar-refractivity contribution in [2.45, 2.75) is 149 Å². The Hall–Kier alpha value is -8.95. The van der Waals surface area contributed by atoms with Crippen LogP contribution in [0, 0.1) is 19.8 Å². The summed E-state index contributed by atoms with van der Waals surface area (Å²) in [7, 11) is 2.70. The quantitative estimate of drug-likeness (QED) is 0.00500. The van der Waals surface area contributed by atoms with Gasteiger partial charge in [0.05, 0.1) is 46.8 Å². The number of fused-ring (bicyclic) bond motifs is 9. The van der Waals surface area contributed by atoms with Crippen molar-refractivity contribution in [2.75, 3.05) is 42.3 Å². The molecular weight excluding hydrogens is 1230 g/mol. The molecule has 1 unspecified atom stereocenters. The number of anilines is 2. The number of Topliss-reactive ketones (excluding diaryl/α,β-unsaturated/α-hetero) is 5. The van der Waals surface area contributed by atoms with Crippen LogP contribution in [0.1, 0.15) is 198 Å². The standard InChI is InChI=1S/C66H77N13O12S2/c1-8-43-32(3)45-26-50-54(36(7)82)34(5)47(74-50)24-46-33(4)44(58(75-46)57-56(51(85)29-80)61(87)55-35(6)48(76-59(55)57)25-49(43)73-45)19-18-41(83)13-11-21-92-93-30-53(91-31-81)77-64(89)38(23-52(86)68-9-2)22-42(84)12-10-20-69-63(88)37-14-16-39(17-15-37)70-27-40-28-71-62-60(72-40)65(90)79-66(67)78-62/h14-17,24-26,28,31-33,38,43-44,53,56,70,74,76,80H,8-13,18-23,27,29-30H2,1-7H3,(H,68,86)(H,69,88)(H,77,89)(H3,67,71,78,79,90)/t32-,33+,38+,43-,44+,53-,56?/m1/s1. The van der Waals surface area contributed by atoms with Gasteiger partial charge in [-0.1, -0.05) is 42.4 Å². The normalized spacial score (nSPS) is 17.2. The molecule has 3 aliphatic rings. The molecule has 25 nitrogen and oxygen atoms in total. The molecule has 2 aliphatic heterocycles. The first kappa shape index (κ1) is 68.4. The molecule has 7 heterocycles. The number of aryl methyl sites for hydroxylation is 2. The molecule has 0 saturated carbocycles. The van der Waals surface area contributed by atoms with E-state index < -0.39 is 59.5 Å². The Bertz CT molecular complexity index is 4150. The molecule has 5 aromatic heterocycles. The summed E-state index contributed by atoms with van der Waals surface area (Å²) in [5.41, 5.74) is 14.6. The zero-order valence-electron chi connectivity index (χ0n) is 52.9. The first-order valence-corrected chi connectivity index (χ1v) is 33.7. The summed E-state index contributed by atoms with van der Waals surface area (Å²) in [5.74, 6) is -5.54. The number of nitrogens with two attached hydrogens (primary N) is 1. The van der Waals surface area contributed by atoms with E-state index in [1.54, 1.807) is 31.2 Å². The van der Waals surface area contributed by atoms with Crippen LogP contribution in [0.3, 0.4) is 0 Å². The number of rotatable bonds is 31. The Labute approximate surface area is 543 Å². The molecular formula is C66H77N13O12S2. The highest BCUT2D eigenvalue weighted by Crippen LogP contribution is 2.48. The van der Waals surface area contributed by atoms with E-state index in [1.807, 2.05) is 39.0 Å². The van der Waals surface area contributed by atoms with E-state index in [-0.39, 0.29) is 122 Å². The lowest BCUT2D eigenvalue weighted by molar-refractivity contribution is -0.141. The fourth-order valence-corrected chi connectivity index (χ4v) is 14.6. The SMILES string of the molecule is CCNC(=O)C[C@H](CC(=O)CCCNC(=O)c1ccc(NCc2cnc3nc(N)[nH]c(=O)c3n2)cc1)C(=O)N[C@@H](CSSCCCC(=O)CC[C@@H]1c2nc(cc3[nH]c(cc4nc(cc5[nH]c6c(c5C)C(=O)C(C(=O)CO)c26)[C@H](CC)[C@H]4C)c(C(C)=O)c3C)[C@H]1C)OC=O. The van der Waals surface area contributed by atoms with Gasteiger partial charge in [-0.2, -0.15) is 4.98 Å². The number of hydrogen-bond donors (Lipinski definition) is 9. The van der Waals surface area contributed by atoms with Crippen molar-refractivity contribution in [3.63, 3.8) is 0 Å². The molecule has 93 heavy (non-hydrogen) atoms. The van der Waals surface area contributed by atoms with Crippen LogP contribution < -0.4 is 32.6 Å². The van der Waals surface area contributed by atoms with E-state index in [9.17, 15) is 53.1 Å². The van der Waals surface area contributed by atoms with E-state index in [1.165, 1.54) is 34.7 Å². The average molecular weight is 1310 g/mol. The number of H-pyrrole nitrogens is 3. The van der Waals surface area contributed by atoms with Gasteiger partial charge < -0.3 is 46.8 Å². The van der Waals surface area contributed by atoms with Crippen LogP contribution in [0.25, 0.3) is 33.2 Å². The fraction of sp³-hybridized carbons (Fsp3) is 0.439. The predicted octanol–water partition coefficient (Wildman–Crippen LogP) is 7.82. The number of aromatic amines is 3. The van der Waals surface area contributed by atoms with Gasteiger partial charge in [-0.25, -0.2) is 9.97 Å². The minimum atomic E-state index is -1.31. The number of aliphatic hydroxyl groups excluding tert-OH is 1. The van der Waals surface area contributed by atoms with Gasteiger partial charge in [0.2, 0.25) is 17.8 Å². The van der Waals surface area contributed by atoms with Gasteiger partial charge in [-0.05, 0) is 107 Å². The van der Waals surface area contributed by atoms with Gasteiger partial charge in [0.1, 0.15) is 24.1 Å². The molecule has 6 aromatic rings. The number of nitrogens with zero attached hydrogens (tertiary/aromatic N) is 5. The molecule has 8 bridgehead atoms. The maximum absolute atomic E-state index is 14.5. The van der Waals surface area contributed by atoms with Crippen molar-refractivity contribution >= 4 is 120 Å². The van der Waals surface area contributed by atoms with Crippen LogP contribution in [-0.4, -0.2) is 136 Å². The second-order valence-electron chi connectivity index (χ2n) is 23.7. The Kier molecular flexibility index (Phi) is 22.6. The van der Waals surface area contributed by atoms with E-state index in [2.05, 4.69) is 65.0 Å². The van der Waals surface area contributed by atoms with Crippen molar-refractivity contribution in [3.8, 4) is 0 Å². The number of nitrogen functional groups attached to an aromatic ring is 1. The second-order valence-corrected chi connectivity index (χ2v) is 26.3. The summed E-state index contributed by atoms with van der Waals surface area (Å²) in [6.07, 6.45) is 2.03. The van der Waals surface area contributed by atoms with Crippen LogP contribution >= 0.6 is 21.6 Å². The number of ketones is 5. The first-order valence-electron chi connectivity index (χ1n) is 31.2.